The third kappa shape index (κ3) is 5.46. The number of hydrogen-bond donors (Lipinski definition) is 0. The molecule has 3 nitrogen and oxygen atoms in total. The van der Waals surface area contributed by atoms with E-state index in [1.54, 1.807) is 13.8 Å². The van der Waals surface area contributed by atoms with Crippen molar-refractivity contribution in [2.45, 2.75) is 46.1 Å². The fourth-order valence-electron chi connectivity index (χ4n) is 1.85. The first-order chi connectivity index (χ1) is 11.4. The van der Waals surface area contributed by atoms with Crippen LogP contribution in [0, 0.1) is 41.0 Å². The lowest BCUT2D eigenvalue weighted by Gasteiger charge is -2.27. The summed E-state index contributed by atoms with van der Waals surface area (Å²) in [5.74, 6) is -6.83. The lowest BCUT2D eigenvalue weighted by Crippen LogP contribution is -2.33. The molecule has 0 saturated heterocycles. The third-order valence-corrected chi connectivity index (χ3v) is 3.57. The lowest BCUT2D eigenvalue weighted by atomic mass is 9.90. The van der Waals surface area contributed by atoms with Crippen LogP contribution in [0.4, 0.5) is 17.6 Å². The smallest absolute Gasteiger partial charge is 0.317 e. The average molecular weight is 360 g/mol. The van der Waals surface area contributed by atoms with Gasteiger partial charge < -0.3 is 9.47 Å². The number of halogens is 4. The molecule has 0 atom stereocenters. The maximum Gasteiger partial charge on any atom is 0.317 e. The number of esters is 1. The Morgan fingerprint density at radius 1 is 1.12 bits per heavy atom. The maximum atomic E-state index is 13.6. The highest BCUT2D eigenvalue weighted by atomic mass is 19.2. The van der Waals surface area contributed by atoms with Gasteiger partial charge in [-0.05, 0) is 34.1 Å². The van der Waals surface area contributed by atoms with Crippen molar-refractivity contribution >= 4 is 5.97 Å². The molecule has 1 aromatic rings. The summed E-state index contributed by atoms with van der Waals surface area (Å²) < 4.78 is 63.6. The largest absolute Gasteiger partial charge is 0.420 e. The van der Waals surface area contributed by atoms with Crippen molar-refractivity contribution in [3.05, 3.63) is 29.3 Å². The average Bonchev–Trinajstić information content (AvgIpc) is 2.48. The zero-order valence-corrected chi connectivity index (χ0v) is 14.5. The van der Waals surface area contributed by atoms with Crippen molar-refractivity contribution in [1.29, 1.82) is 0 Å². The van der Waals surface area contributed by atoms with E-state index in [9.17, 15) is 22.4 Å². The predicted octanol–water partition coefficient (Wildman–Crippen LogP) is 4.38. The van der Waals surface area contributed by atoms with E-state index in [1.165, 1.54) is 13.8 Å². The standard InChI is InChI=1S/C18H20F4O3/c1-6-7-18(4,5)24-9-8-17(2,3)16(23)25-15-13(21)11(19)10-12(20)14(15)22/h1,10H,7-9H2,2-5H3. The molecule has 0 saturated carbocycles. The topological polar surface area (TPSA) is 35.5 Å². The molecule has 0 aliphatic carbocycles. The Kier molecular flexibility index (Phi) is 6.61. The third-order valence-electron chi connectivity index (χ3n) is 3.57. The monoisotopic (exact) mass is 360 g/mol. The Morgan fingerprint density at radius 3 is 2.12 bits per heavy atom. The van der Waals surface area contributed by atoms with Gasteiger partial charge in [-0.3, -0.25) is 4.79 Å². The summed E-state index contributed by atoms with van der Waals surface area (Å²) in [5.41, 5.74) is -1.81. The Bertz CT molecular complexity index is 664. The van der Waals surface area contributed by atoms with Crippen molar-refractivity contribution in [3.63, 3.8) is 0 Å². The van der Waals surface area contributed by atoms with E-state index in [0.29, 0.717) is 6.42 Å². The summed E-state index contributed by atoms with van der Waals surface area (Å²) in [4.78, 5) is 12.2. The number of benzene rings is 1. The molecule has 7 heteroatoms. The van der Waals surface area contributed by atoms with Crippen LogP contribution in [0.2, 0.25) is 0 Å². The Hall–Kier alpha value is -2.07. The fraction of sp³-hybridized carbons (Fsp3) is 0.500. The number of carbonyl (C=O) groups excluding carboxylic acids is 1. The van der Waals surface area contributed by atoms with Crippen LogP contribution in [0.5, 0.6) is 5.75 Å². The molecule has 0 unspecified atom stereocenters. The molecule has 0 fully saturated rings. The summed E-state index contributed by atoms with van der Waals surface area (Å²) in [6.07, 6.45) is 5.72. The zero-order valence-electron chi connectivity index (χ0n) is 14.5. The van der Waals surface area contributed by atoms with Crippen LogP contribution in [0.3, 0.4) is 0 Å². The lowest BCUT2D eigenvalue weighted by molar-refractivity contribution is -0.146. The Balaban J connectivity index is 2.82. The summed E-state index contributed by atoms with van der Waals surface area (Å²) in [6.45, 7) is 6.59. The number of ether oxygens (including phenoxy) is 2. The minimum absolute atomic E-state index is 0.0363. The van der Waals surface area contributed by atoms with Gasteiger partial charge in [0.15, 0.2) is 11.6 Å². The van der Waals surface area contributed by atoms with Crippen LogP contribution in [-0.2, 0) is 9.53 Å². The van der Waals surface area contributed by atoms with Crippen molar-refractivity contribution in [2.24, 2.45) is 5.41 Å². The first-order valence-corrected chi connectivity index (χ1v) is 7.54. The van der Waals surface area contributed by atoms with Crippen LogP contribution in [-0.4, -0.2) is 18.2 Å². The molecule has 0 amide bonds. The van der Waals surface area contributed by atoms with Gasteiger partial charge in [0.2, 0.25) is 17.4 Å². The number of hydrogen-bond acceptors (Lipinski definition) is 3. The van der Waals surface area contributed by atoms with Crippen LogP contribution >= 0.6 is 0 Å². The van der Waals surface area contributed by atoms with E-state index < -0.39 is 46.0 Å². The first-order valence-electron chi connectivity index (χ1n) is 7.54. The molecule has 0 heterocycles. The van der Waals surface area contributed by atoms with Gasteiger partial charge in [0, 0.05) is 19.1 Å². The number of rotatable bonds is 7. The molecule has 0 aliphatic heterocycles. The molecule has 138 valence electrons. The van der Waals surface area contributed by atoms with Crippen molar-refractivity contribution in [1.82, 2.24) is 0 Å². The molecule has 25 heavy (non-hydrogen) atoms. The van der Waals surface area contributed by atoms with Crippen molar-refractivity contribution in [2.75, 3.05) is 6.61 Å². The summed E-state index contributed by atoms with van der Waals surface area (Å²) >= 11 is 0. The van der Waals surface area contributed by atoms with E-state index in [1.807, 2.05) is 0 Å². The summed E-state index contributed by atoms with van der Waals surface area (Å²) in [5, 5.41) is 0. The molecule has 0 aromatic heterocycles. The predicted molar refractivity (Wildman–Crippen MR) is 83.8 cm³/mol. The molecule has 0 spiro atoms. The molecule has 0 N–H and O–H groups in total. The summed E-state index contributed by atoms with van der Waals surface area (Å²) in [6, 6.07) is 0.0363. The molecular formula is C18H20F4O3. The second kappa shape index (κ2) is 7.87. The van der Waals surface area contributed by atoms with Gasteiger partial charge in [0.25, 0.3) is 0 Å². The second-order valence-electron chi connectivity index (χ2n) is 6.81. The molecule has 0 aliphatic rings. The number of terminal acetylenes is 1. The van der Waals surface area contributed by atoms with E-state index in [0.717, 1.165) is 0 Å². The van der Waals surface area contributed by atoms with Gasteiger partial charge in [-0.15, -0.1) is 12.3 Å². The summed E-state index contributed by atoms with van der Waals surface area (Å²) in [7, 11) is 0. The molecule has 0 bridgehead atoms. The van der Waals surface area contributed by atoms with Crippen LogP contribution in [0.1, 0.15) is 40.5 Å². The van der Waals surface area contributed by atoms with E-state index in [2.05, 4.69) is 10.7 Å². The highest BCUT2D eigenvalue weighted by Gasteiger charge is 2.33. The Labute approximate surface area is 144 Å². The zero-order chi connectivity index (χ0) is 19.4. The molecule has 1 aromatic carbocycles. The van der Waals surface area contributed by atoms with Gasteiger partial charge >= 0.3 is 5.97 Å². The van der Waals surface area contributed by atoms with Crippen LogP contribution in [0.15, 0.2) is 6.07 Å². The van der Waals surface area contributed by atoms with Crippen molar-refractivity contribution < 1.29 is 31.8 Å². The Morgan fingerprint density at radius 2 is 1.64 bits per heavy atom. The SMILES string of the molecule is C#CCC(C)(C)OCCC(C)(C)C(=O)Oc1c(F)c(F)cc(F)c1F. The minimum Gasteiger partial charge on any atom is -0.420 e. The second-order valence-corrected chi connectivity index (χ2v) is 6.81. The highest BCUT2D eigenvalue weighted by Crippen LogP contribution is 2.30. The minimum atomic E-state index is -1.77. The van der Waals surface area contributed by atoms with E-state index >= 15 is 0 Å². The van der Waals surface area contributed by atoms with Gasteiger partial charge in [-0.1, -0.05) is 0 Å². The van der Waals surface area contributed by atoms with Gasteiger partial charge in [0.1, 0.15) is 0 Å². The van der Waals surface area contributed by atoms with Crippen molar-refractivity contribution in [3.8, 4) is 18.1 Å². The van der Waals surface area contributed by atoms with E-state index in [4.69, 9.17) is 11.2 Å². The fourth-order valence-corrected chi connectivity index (χ4v) is 1.85. The van der Waals surface area contributed by atoms with E-state index in [-0.39, 0.29) is 19.1 Å². The maximum absolute atomic E-state index is 13.6. The van der Waals surface area contributed by atoms with Crippen LogP contribution < -0.4 is 4.74 Å². The van der Waals surface area contributed by atoms with Gasteiger partial charge in [-0.25, -0.2) is 8.78 Å². The van der Waals surface area contributed by atoms with Gasteiger partial charge in [0.05, 0.1) is 11.0 Å². The normalized spacial score (nSPS) is 12.0. The number of carbonyl (C=O) groups is 1. The first kappa shape index (κ1) is 21.0. The molecule has 1 rings (SSSR count). The molecule has 0 radical (unpaired) electrons. The highest BCUT2D eigenvalue weighted by molar-refractivity contribution is 5.78. The quantitative estimate of drug-likeness (QED) is 0.238. The van der Waals surface area contributed by atoms with Gasteiger partial charge in [-0.2, -0.15) is 8.78 Å². The van der Waals surface area contributed by atoms with Crippen LogP contribution in [0.25, 0.3) is 0 Å². The molecular weight excluding hydrogens is 340 g/mol.